The van der Waals surface area contributed by atoms with E-state index in [-0.39, 0.29) is 24.4 Å². The molecule has 3 nitrogen and oxygen atoms in total. The van der Waals surface area contributed by atoms with Gasteiger partial charge >= 0.3 is 0 Å². The number of hydrogen-bond acceptors (Lipinski definition) is 4. The Morgan fingerprint density at radius 2 is 1.88 bits per heavy atom. The smallest absolute Gasteiger partial charge is 0.146 e. The molecule has 2 N–H and O–H groups in total. The fourth-order valence-corrected chi connectivity index (χ4v) is 3.06. The van der Waals surface area contributed by atoms with Gasteiger partial charge in [0, 0.05) is 23.0 Å². The first-order chi connectivity index (χ1) is 11.5. The van der Waals surface area contributed by atoms with Crippen molar-refractivity contribution in [2.24, 2.45) is 5.92 Å². The predicted octanol–water partition coefficient (Wildman–Crippen LogP) is 4.11. The minimum absolute atomic E-state index is 0.0233. The Bertz CT molecular complexity index is 646. The van der Waals surface area contributed by atoms with Crippen LogP contribution in [0.3, 0.4) is 0 Å². The quantitative estimate of drug-likeness (QED) is 0.705. The van der Waals surface area contributed by atoms with E-state index in [0.29, 0.717) is 12.2 Å². The average molecular weight is 348 g/mol. The third kappa shape index (κ3) is 5.03. The lowest BCUT2D eigenvalue weighted by molar-refractivity contribution is 0.209. The Labute approximate surface area is 147 Å². The van der Waals surface area contributed by atoms with Crippen molar-refractivity contribution in [3.8, 4) is 11.3 Å². The van der Waals surface area contributed by atoms with Gasteiger partial charge in [-0.2, -0.15) is 0 Å². The summed E-state index contributed by atoms with van der Waals surface area (Å²) in [6, 6.07) is 11.2. The van der Waals surface area contributed by atoms with Crippen molar-refractivity contribution >= 4 is 11.8 Å². The zero-order valence-electron chi connectivity index (χ0n) is 14.4. The van der Waals surface area contributed by atoms with Crippen molar-refractivity contribution in [2.75, 3.05) is 12.4 Å². The van der Waals surface area contributed by atoms with Crippen molar-refractivity contribution in [1.82, 2.24) is 10.3 Å². The second-order valence-electron chi connectivity index (χ2n) is 6.00. The molecule has 0 saturated heterocycles. The number of benzene rings is 1. The van der Waals surface area contributed by atoms with Crippen LogP contribution in [-0.2, 0) is 6.54 Å². The van der Waals surface area contributed by atoms with Crippen molar-refractivity contribution in [1.29, 1.82) is 0 Å². The van der Waals surface area contributed by atoms with Gasteiger partial charge < -0.3 is 10.4 Å². The standard InChI is InChI=1S/C19H25FN2OS/c1-4-24-15-7-5-14(6-8-15)17-10-9-16(20)18(22-17)11-21-19(12-23)13(2)3/h5-10,13,19,21,23H,4,11-12H2,1-3H3/t19-/m0/s1. The maximum Gasteiger partial charge on any atom is 0.146 e. The van der Waals surface area contributed by atoms with Crippen molar-refractivity contribution in [3.63, 3.8) is 0 Å². The van der Waals surface area contributed by atoms with Crippen LogP contribution < -0.4 is 5.32 Å². The summed E-state index contributed by atoms with van der Waals surface area (Å²) in [5.41, 5.74) is 2.10. The molecule has 0 unspecified atom stereocenters. The summed E-state index contributed by atoms with van der Waals surface area (Å²) in [6.45, 7) is 6.48. The minimum atomic E-state index is -0.329. The molecule has 24 heavy (non-hydrogen) atoms. The molecule has 1 atom stereocenters. The highest BCUT2D eigenvalue weighted by Gasteiger charge is 2.14. The second-order valence-corrected chi connectivity index (χ2v) is 7.33. The largest absolute Gasteiger partial charge is 0.395 e. The van der Waals surface area contributed by atoms with E-state index in [9.17, 15) is 9.50 Å². The highest BCUT2D eigenvalue weighted by atomic mass is 32.2. The van der Waals surface area contributed by atoms with Gasteiger partial charge in [-0.3, -0.25) is 0 Å². The first kappa shape index (κ1) is 18.9. The number of pyridine rings is 1. The number of thioether (sulfide) groups is 1. The van der Waals surface area contributed by atoms with E-state index < -0.39 is 0 Å². The van der Waals surface area contributed by atoms with Crippen LogP contribution >= 0.6 is 11.8 Å². The zero-order valence-corrected chi connectivity index (χ0v) is 15.2. The van der Waals surface area contributed by atoms with Gasteiger partial charge in [-0.25, -0.2) is 9.37 Å². The number of rotatable bonds is 8. The Morgan fingerprint density at radius 3 is 2.46 bits per heavy atom. The van der Waals surface area contributed by atoms with E-state index in [1.807, 2.05) is 26.0 Å². The summed E-state index contributed by atoms with van der Waals surface area (Å²) in [7, 11) is 0. The number of nitrogens with zero attached hydrogens (tertiary/aromatic N) is 1. The molecule has 0 bridgehead atoms. The van der Waals surface area contributed by atoms with Crippen LogP contribution in [0.2, 0.25) is 0 Å². The van der Waals surface area contributed by atoms with Gasteiger partial charge in [0.25, 0.3) is 0 Å². The molecule has 0 aliphatic heterocycles. The fraction of sp³-hybridized carbons (Fsp3) is 0.421. The molecule has 0 saturated carbocycles. The van der Waals surface area contributed by atoms with Crippen molar-refractivity contribution in [3.05, 3.63) is 47.9 Å². The normalized spacial score (nSPS) is 12.6. The highest BCUT2D eigenvalue weighted by molar-refractivity contribution is 7.99. The van der Waals surface area contributed by atoms with Crippen LogP contribution in [0.1, 0.15) is 26.5 Å². The summed E-state index contributed by atoms with van der Waals surface area (Å²) in [4.78, 5) is 5.67. The van der Waals surface area contributed by atoms with E-state index >= 15 is 0 Å². The molecular formula is C19H25FN2OS. The number of halogens is 1. The van der Waals surface area contributed by atoms with Crippen LogP contribution in [0.5, 0.6) is 0 Å². The minimum Gasteiger partial charge on any atom is -0.395 e. The number of aliphatic hydroxyl groups excluding tert-OH is 1. The summed E-state index contributed by atoms with van der Waals surface area (Å²) >= 11 is 1.79. The fourth-order valence-electron chi connectivity index (χ4n) is 2.40. The molecule has 0 fully saturated rings. The van der Waals surface area contributed by atoms with Gasteiger partial charge in [0.2, 0.25) is 0 Å². The molecule has 1 heterocycles. The average Bonchev–Trinajstić information content (AvgIpc) is 2.58. The van der Waals surface area contributed by atoms with E-state index in [1.54, 1.807) is 17.8 Å². The Hall–Kier alpha value is -1.43. The molecule has 130 valence electrons. The third-order valence-corrected chi connectivity index (χ3v) is 4.81. The van der Waals surface area contributed by atoms with Gasteiger partial charge in [-0.15, -0.1) is 11.8 Å². The summed E-state index contributed by atoms with van der Waals surface area (Å²) in [5.74, 6) is 0.973. The maximum absolute atomic E-state index is 14.0. The molecular weight excluding hydrogens is 323 g/mol. The zero-order chi connectivity index (χ0) is 17.5. The molecule has 0 amide bonds. The Kier molecular flexibility index (Phi) is 7.21. The van der Waals surface area contributed by atoms with E-state index in [1.165, 1.54) is 11.0 Å². The van der Waals surface area contributed by atoms with E-state index in [4.69, 9.17) is 0 Å². The SMILES string of the molecule is CCSc1ccc(-c2ccc(F)c(CN[C@@H](CO)C(C)C)n2)cc1. The summed E-state index contributed by atoms with van der Waals surface area (Å²) < 4.78 is 14.0. The van der Waals surface area contributed by atoms with Crippen molar-refractivity contribution in [2.45, 2.75) is 38.3 Å². The Morgan fingerprint density at radius 1 is 1.17 bits per heavy atom. The molecule has 2 aromatic rings. The molecule has 0 aliphatic rings. The van der Waals surface area contributed by atoms with Crippen LogP contribution in [0.25, 0.3) is 11.3 Å². The molecule has 1 aromatic carbocycles. The first-order valence-electron chi connectivity index (χ1n) is 8.28. The number of aromatic nitrogens is 1. The molecule has 0 spiro atoms. The molecule has 1 aromatic heterocycles. The molecule has 2 rings (SSSR count). The topological polar surface area (TPSA) is 45.1 Å². The number of nitrogens with one attached hydrogen (secondary N) is 1. The van der Waals surface area contributed by atoms with Gasteiger partial charge in [0.05, 0.1) is 18.0 Å². The lowest BCUT2D eigenvalue weighted by atomic mass is 10.1. The van der Waals surface area contributed by atoms with Crippen LogP contribution in [-0.4, -0.2) is 28.5 Å². The van der Waals surface area contributed by atoms with Gasteiger partial charge in [-0.1, -0.05) is 32.9 Å². The second kappa shape index (κ2) is 9.16. The monoisotopic (exact) mass is 348 g/mol. The summed E-state index contributed by atoms with van der Waals surface area (Å²) in [5, 5.41) is 12.5. The number of hydrogen-bond donors (Lipinski definition) is 2. The lowest BCUT2D eigenvalue weighted by Gasteiger charge is -2.20. The summed E-state index contributed by atoms with van der Waals surface area (Å²) in [6.07, 6.45) is 0. The van der Waals surface area contributed by atoms with Crippen LogP contribution in [0.4, 0.5) is 4.39 Å². The van der Waals surface area contributed by atoms with Gasteiger partial charge in [0.15, 0.2) is 0 Å². The lowest BCUT2D eigenvalue weighted by Crippen LogP contribution is -2.36. The van der Waals surface area contributed by atoms with Gasteiger partial charge in [-0.05, 0) is 35.9 Å². The van der Waals surface area contributed by atoms with E-state index in [2.05, 4.69) is 29.4 Å². The van der Waals surface area contributed by atoms with Crippen LogP contribution in [0.15, 0.2) is 41.3 Å². The Balaban J connectivity index is 2.15. The van der Waals surface area contributed by atoms with Crippen LogP contribution in [0, 0.1) is 11.7 Å². The molecule has 0 aliphatic carbocycles. The third-order valence-electron chi connectivity index (χ3n) is 3.91. The van der Waals surface area contributed by atoms with Crippen molar-refractivity contribution < 1.29 is 9.50 Å². The first-order valence-corrected chi connectivity index (χ1v) is 9.26. The molecule has 0 radical (unpaired) electrons. The molecule has 5 heteroatoms. The number of aliphatic hydroxyl groups is 1. The van der Waals surface area contributed by atoms with Gasteiger partial charge in [0.1, 0.15) is 5.82 Å². The predicted molar refractivity (Wildman–Crippen MR) is 98.6 cm³/mol. The maximum atomic E-state index is 14.0. The highest BCUT2D eigenvalue weighted by Crippen LogP contribution is 2.23. The van der Waals surface area contributed by atoms with E-state index in [0.717, 1.165) is 17.0 Å².